The molecule has 0 aliphatic heterocycles. The average Bonchev–Trinajstić information content (AvgIpc) is 2.49. The van der Waals surface area contributed by atoms with E-state index in [-0.39, 0.29) is 5.69 Å². The zero-order valence-corrected chi connectivity index (χ0v) is 6.07. The Kier molecular flexibility index (Phi) is 1.33. The number of aromatic amines is 1. The van der Waals surface area contributed by atoms with Gasteiger partial charge in [0.25, 0.3) is 5.69 Å². The number of nitro benzene ring substituents is 1. The smallest absolute Gasteiger partial charge is 0.293 e. The maximum absolute atomic E-state index is 10.5. The summed E-state index contributed by atoms with van der Waals surface area (Å²) in [6.45, 7) is 0. The molecule has 0 saturated heterocycles. The molecule has 1 aromatic carbocycles. The molecule has 12 heavy (non-hydrogen) atoms. The lowest BCUT2D eigenvalue weighted by atomic mass is 10.2. The molecule has 0 unspecified atom stereocenters. The van der Waals surface area contributed by atoms with Crippen molar-refractivity contribution in [1.29, 1.82) is 0 Å². The number of H-pyrrole nitrogens is 1. The summed E-state index contributed by atoms with van der Waals surface area (Å²) in [6.07, 6.45) is 1.57. The van der Waals surface area contributed by atoms with Crippen molar-refractivity contribution >= 4 is 16.6 Å². The minimum absolute atomic E-state index is 0.0914. The van der Waals surface area contributed by atoms with Crippen molar-refractivity contribution in [2.24, 2.45) is 0 Å². The van der Waals surface area contributed by atoms with Gasteiger partial charge in [0.15, 0.2) is 0 Å². The van der Waals surface area contributed by atoms with Crippen LogP contribution in [0.25, 0.3) is 10.9 Å². The zero-order valence-electron chi connectivity index (χ0n) is 6.07. The van der Waals surface area contributed by atoms with Gasteiger partial charge in [-0.2, -0.15) is 0 Å². The van der Waals surface area contributed by atoms with E-state index in [0.29, 0.717) is 5.52 Å². The molecule has 0 atom stereocenters. The number of benzene rings is 1. The average molecular weight is 161 g/mol. The van der Waals surface area contributed by atoms with Gasteiger partial charge in [-0.3, -0.25) is 10.1 Å². The molecule has 0 aliphatic rings. The SMILES string of the molecule is O=[N+]([O-])c1cccc2[c]c[nH]c12. The van der Waals surface area contributed by atoms with E-state index in [4.69, 9.17) is 0 Å². The number of nitrogens with one attached hydrogen (secondary N) is 1. The van der Waals surface area contributed by atoms with Gasteiger partial charge in [-0.15, -0.1) is 0 Å². The first-order valence-electron chi connectivity index (χ1n) is 3.41. The van der Waals surface area contributed by atoms with E-state index in [1.165, 1.54) is 6.07 Å². The standard InChI is InChI=1S/C8H5N2O2/c11-10(12)7-3-1-2-6-4-5-9-8(6)7/h1-3,5,9H. The van der Waals surface area contributed by atoms with Crippen LogP contribution in [0.15, 0.2) is 24.4 Å². The molecule has 0 bridgehead atoms. The number of fused-ring (bicyclic) bond motifs is 1. The highest BCUT2D eigenvalue weighted by Crippen LogP contribution is 2.22. The zero-order chi connectivity index (χ0) is 8.55. The third kappa shape index (κ3) is 0.852. The third-order valence-electron chi connectivity index (χ3n) is 1.68. The lowest BCUT2D eigenvalue weighted by molar-refractivity contribution is -0.383. The number of nitrogens with zero attached hydrogens (tertiary/aromatic N) is 1. The molecule has 59 valence electrons. The van der Waals surface area contributed by atoms with E-state index < -0.39 is 4.92 Å². The Morgan fingerprint density at radius 3 is 3.08 bits per heavy atom. The van der Waals surface area contributed by atoms with Crippen molar-refractivity contribution < 1.29 is 4.92 Å². The fourth-order valence-electron chi connectivity index (χ4n) is 1.15. The highest BCUT2D eigenvalue weighted by Gasteiger charge is 2.10. The van der Waals surface area contributed by atoms with Crippen LogP contribution in [-0.2, 0) is 0 Å². The molecule has 2 rings (SSSR count). The lowest BCUT2D eigenvalue weighted by Gasteiger charge is -1.91. The normalized spacial score (nSPS) is 10.3. The van der Waals surface area contributed by atoms with Crippen LogP contribution in [0, 0.1) is 16.2 Å². The Hall–Kier alpha value is -1.84. The van der Waals surface area contributed by atoms with Crippen LogP contribution in [0.3, 0.4) is 0 Å². The summed E-state index contributed by atoms with van der Waals surface area (Å²) in [7, 11) is 0. The van der Waals surface area contributed by atoms with Crippen LogP contribution < -0.4 is 0 Å². The summed E-state index contributed by atoms with van der Waals surface area (Å²) in [4.78, 5) is 12.8. The van der Waals surface area contributed by atoms with E-state index >= 15 is 0 Å². The molecule has 2 aromatic rings. The maximum Gasteiger partial charge on any atom is 0.293 e. The Labute approximate surface area is 68.0 Å². The number of rotatable bonds is 1. The van der Waals surface area contributed by atoms with Gasteiger partial charge < -0.3 is 4.98 Å². The van der Waals surface area contributed by atoms with Crippen LogP contribution in [0.4, 0.5) is 5.69 Å². The molecule has 0 fully saturated rings. The van der Waals surface area contributed by atoms with Gasteiger partial charge in [0.2, 0.25) is 0 Å². The number of aromatic nitrogens is 1. The Bertz CT molecular complexity index is 433. The Morgan fingerprint density at radius 2 is 2.33 bits per heavy atom. The summed E-state index contributed by atoms with van der Waals surface area (Å²) in [5.41, 5.74) is 0.622. The van der Waals surface area contributed by atoms with Crippen LogP contribution in [0.5, 0.6) is 0 Å². The quantitative estimate of drug-likeness (QED) is 0.512. The van der Waals surface area contributed by atoms with Crippen molar-refractivity contribution in [1.82, 2.24) is 4.98 Å². The van der Waals surface area contributed by atoms with Crippen molar-refractivity contribution in [3.63, 3.8) is 0 Å². The molecule has 1 heterocycles. The van der Waals surface area contributed by atoms with E-state index in [0.717, 1.165) is 5.39 Å². The molecular formula is C8H5N2O2. The monoisotopic (exact) mass is 161 g/mol. The summed E-state index contributed by atoms with van der Waals surface area (Å²) in [5, 5.41) is 11.2. The molecule has 0 amide bonds. The van der Waals surface area contributed by atoms with Crippen molar-refractivity contribution in [2.45, 2.75) is 0 Å². The summed E-state index contributed by atoms with van der Waals surface area (Å²) < 4.78 is 0. The number of nitro groups is 1. The lowest BCUT2D eigenvalue weighted by Crippen LogP contribution is -1.88. The fraction of sp³-hybridized carbons (Fsp3) is 0. The molecule has 1 radical (unpaired) electrons. The summed E-state index contributed by atoms with van der Waals surface area (Å²) in [6, 6.07) is 7.74. The molecular weight excluding hydrogens is 156 g/mol. The molecule has 0 saturated carbocycles. The highest BCUT2D eigenvalue weighted by atomic mass is 16.6. The van der Waals surface area contributed by atoms with Gasteiger partial charge in [-0.05, 0) is 0 Å². The molecule has 4 nitrogen and oxygen atoms in total. The predicted molar refractivity (Wildman–Crippen MR) is 43.8 cm³/mol. The van der Waals surface area contributed by atoms with Crippen LogP contribution in [0.2, 0.25) is 0 Å². The second-order valence-corrected chi connectivity index (χ2v) is 2.39. The fourth-order valence-corrected chi connectivity index (χ4v) is 1.15. The largest absolute Gasteiger partial charge is 0.355 e. The minimum atomic E-state index is -0.410. The number of non-ortho nitro benzene ring substituents is 1. The number of hydrogen-bond donors (Lipinski definition) is 1. The topological polar surface area (TPSA) is 58.9 Å². The summed E-state index contributed by atoms with van der Waals surface area (Å²) >= 11 is 0. The third-order valence-corrected chi connectivity index (χ3v) is 1.68. The first-order chi connectivity index (χ1) is 5.79. The first-order valence-corrected chi connectivity index (χ1v) is 3.41. The second kappa shape index (κ2) is 2.34. The van der Waals surface area contributed by atoms with Gasteiger partial charge in [0.05, 0.1) is 4.92 Å². The first kappa shape index (κ1) is 6.84. The second-order valence-electron chi connectivity index (χ2n) is 2.39. The van der Waals surface area contributed by atoms with Gasteiger partial charge in [0, 0.05) is 23.7 Å². The van der Waals surface area contributed by atoms with E-state index in [2.05, 4.69) is 11.1 Å². The van der Waals surface area contributed by atoms with Gasteiger partial charge in [-0.1, -0.05) is 12.1 Å². The van der Waals surface area contributed by atoms with Gasteiger partial charge in [0.1, 0.15) is 5.52 Å². The van der Waals surface area contributed by atoms with Crippen LogP contribution in [0.1, 0.15) is 0 Å². The molecule has 1 N–H and O–H groups in total. The predicted octanol–water partition coefficient (Wildman–Crippen LogP) is 1.88. The summed E-state index contributed by atoms with van der Waals surface area (Å²) in [5.74, 6) is 0. The van der Waals surface area contributed by atoms with Crippen molar-refractivity contribution in [3.8, 4) is 0 Å². The van der Waals surface area contributed by atoms with Crippen molar-refractivity contribution in [3.05, 3.63) is 40.6 Å². The molecule has 4 heteroatoms. The van der Waals surface area contributed by atoms with Crippen LogP contribution in [-0.4, -0.2) is 9.91 Å². The number of para-hydroxylation sites is 1. The highest BCUT2D eigenvalue weighted by molar-refractivity contribution is 5.86. The molecule has 0 aliphatic carbocycles. The maximum atomic E-state index is 10.5. The van der Waals surface area contributed by atoms with Crippen LogP contribution >= 0.6 is 0 Å². The minimum Gasteiger partial charge on any atom is -0.355 e. The van der Waals surface area contributed by atoms with Gasteiger partial charge in [-0.25, -0.2) is 0 Å². The number of hydrogen-bond acceptors (Lipinski definition) is 2. The van der Waals surface area contributed by atoms with E-state index in [9.17, 15) is 10.1 Å². The Balaban J connectivity index is 2.82. The van der Waals surface area contributed by atoms with Gasteiger partial charge >= 0.3 is 0 Å². The molecule has 0 spiro atoms. The Morgan fingerprint density at radius 1 is 1.50 bits per heavy atom. The molecule has 1 aromatic heterocycles. The van der Waals surface area contributed by atoms with E-state index in [1.807, 2.05) is 0 Å². The van der Waals surface area contributed by atoms with Crippen molar-refractivity contribution in [2.75, 3.05) is 0 Å². The van der Waals surface area contributed by atoms with E-state index in [1.54, 1.807) is 18.3 Å².